The van der Waals surface area contributed by atoms with Crippen LogP contribution in [-0.4, -0.2) is 45.5 Å². The van der Waals surface area contributed by atoms with E-state index in [9.17, 15) is 13.2 Å². The molecule has 24 heavy (non-hydrogen) atoms. The second-order valence-corrected chi connectivity index (χ2v) is 8.33. The molecule has 0 bridgehead atoms. The van der Waals surface area contributed by atoms with Gasteiger partial charge in [0.25, 0.3) is 0 Å². The average Bonchev–Trinajstić information content (AvgIpc) is 3.35. The summed E-state index contributed by atoms with van der Waals surface area (Å²) >= 11 is 1.61. The number of anilines is 1. The Morgan fingerprint density at radius 2 is 2.17 bits per heavy atom. The van der Waals surface area contributed by atoms with Crippen molar-refractivity contribution in [2.45, 2.75) is 36.2 Å². The molecule has 1 saturated carbocycles. The molecular formula is C15H23N3O4S2. The van der Waals surface area contributed by atoms with E-state index >= 15 is 0 Å². The first-order chi connectivity index (χ1) is 11.4. The fourth-order valence-corrected chi connectivity index (χ4v) is 3.86. The number of rotatable bonds is 9. The van der Waals surface area contributed by atoms with Crippen LogP contribution in [0.2, 0.25) is 0 Å². The minimum absolute atomic E-state index is 0.00936. The lowest BCUT2D eigenvalue weighted by molar-refractivity contribution is -0.117. The van der Waals surface area contributed by atoms with Gasteiger partial charge in [-0.25, -0.2) is 13.1 Å². The van der Waals surface area contributed by atoms with Crippen molar-refractivity contribution in [3.8, 4) is 5.75 Å². The summed E-state index contributed by atoms with van der Waals surface area (Å²) in [6, 6.07) is 3.71. The van der Waals surface area contributed by atoms with Gasteiger partial charge in [0.15, 0.2) is 0 Å². The van der Waals surface area contributed by atoms with E-state index in [0.717, 1.165) is 18.6 Å². The van der Waals surface area contributed by atoms with Crippen LogP contribution < -0.4 is 20.5 Å². The number of carbonyl (C=O) groups excluding carboxylic acids is 1. The predicted octanol–water partition coefficient (Wildman–Crippen LogP) is 1.15. The molecule has 2 rings (SSSR count). The summed E-state index contributed by atoms with van der Waals surface area (Å²) in [6.45, 7) is 0. The first kappa shape index (κ1) is 19.0. The van der Waals surface area contributed by atoms with Crippen LogP contribution >= 0.6 is 11.8 Å². The highest BCUT2D eigenvalue weighted by Crippen LogP contribution is 2.29. The van der Waals surface area contributed by atoms with Crippen molar-refractivity contribution in [3.05, 3.63) is 18.2 Å². The number of nitrogens with two attached hydrogens (primary N) is 1. The van der Waals surface area contributed by atoms with Gasteiger partial charge < -0.3 is 15.8 Å². The number of benzene rings is 1. The Kier molecular flexibility index (Phi) is 6.50. The van der Waals surface area contributed by atoms with E-state index in [4.69, 9.17) is 10.5 Å². The van der Waals surface area contributed by atoms with Crippen LogP contribution in [-0.2, 0) is 14.8 Å². The third-order valence-electron chi connectivity index (χ3n) is 3.61. The van der Waals surface area contributed by atoms with Crippen molar-refractivity contribution >= 4 is 33.4 Å². The molecule has 0 heterocycles. The summed E-state index contributed by atoms with van der Waals surface area (Å²) in [4.78, 5) is 12.3. The Morgan fingerprint density at radius 3 is 2.75 bits per heavy atom. The molecule has 1 aliphatic carbocycles. The normalized spacial score (nSPS) is 15.8. The van der Waals surface area contributed by atoms with Crippen LogP contribution in [0.25, 0.3) is 0 Å². The molecule has 0 unspecified atom stereocenters. The van der Waals surface area contributed by atoms with Crippen molar-refractivity contribution in [2.75, 3.05) is 24.4 Å². The SMILES string of the molecule is COc1ccc(S(=O)(=O)NC2CC2)cc1NC(=O)[C@@H](N)CCSC. The fourth-order valence-electron chi connectivity index (χ4n) is 2.04. The molecule has 1 aromatic rings. The van der Waals surface area contributed by atoms with Crippen LogP contribution in [0.1, 0.15) is 19.3 Å². The summed E-state index contributed by atoms with van der Waals surface area (Å²) in [5, 5.41) is 2.66. The first-order valence-electron chi connectivity index (χ1n) is 7.63. The molecule has 7 nitrogen and oxygen atoms in total. The van der Waals surface area contributed by atoms with E-state index in [1.165, 1.54) is 25.3 Å². The Hall–Kier alpha value is -1.29. The minimum atomic E-state index is -3.61. The van der Waals surface area contributed by atoms with E-state index in [2.05, 4.69) is 10.0 Å². The molecule has 1 fully saturated rings. The lowest BCUT2D eigenvalue weighted by Gasteiger charge is -2.15. The van der Waals surface area contributed by atoms with Crippen LogP contribution in [0.4, 0.5) is 5.69 Å². The molecule has 134 valence electrons. The van der Waals surface area contributed by atoms with Gasteiger partial charge in [-0.05, 0) is 49.5 Å². The lowest BCUT2D eigenvalue weighted by atomic mass is 10.2. The molecule has 0 saturated heterocycles. The second kappa shape index (κ2) is 8.19. The molecule has 1 amide bonds. The monoisotopic (exact) mass is 373 g/mol. The van der Waals surface area contributed by atoms with E-state index < -0.39 is 16.1 Å². The number of sulfonamides is 1. The summed E-state index contributed by atoms with van der Waals surface area (Å²) in [6.07, 6.45) is 4.18. The van der Waals surface area contributed by atoms with E-state index in [1.807, 2.05) is 6.26 Å². The van der Waals surface area contributed by atoms with E-state index in [-0.39, 0.29) is 16.8 Å². The Balaban J connectivity index is 2.18. The molecule has 0 spiro atoms. The number of nitrogens with one attached hydrogen (secondary N) is 2. The fraction of sp³-hybridized carbons (Fsp3) is 0.533. The highest BCUT2D eigenvalue weighted by atomic mass is 32.2. The van der Waals surface area contributed by atoms with Crippen molar-refractivity contribution in [2.24, 2.45) is 5.73 Å². The maximum absolute atomic E-state index is 12.3. The predicted molar refractivity (Wildman–Crippen MR) is 95.9 cm³/mol. The number of carbonyl (C=O) groups is 1. The lowest BCUT2D eigenvalue weighted by Crippen LogP contribution is -2.36. The summed E-state index contributed by atoms with van der Waals surface area (Å²) in [5.41, 5.74) is 6.14. The quantitative estimate of drug-likeness (QED) is 0.599. The summed E-state index contributed by atoms with van der Waals surface area (Å²) in [5.74, 6) is 0.781. The van der Waals surface area contributed by atoms with Gasteiger partial charge in [0.1, 0.15) is 5.75 Å². The van der Waals surface area contributed by atoms with Gasteiger partial charge in [0.2, 0.25) is 15.9 Å². The van der Waals surface area contributed by atoms with Gasteiger partial charge in [-0.3, -0.25) is 4.79 Å². The third-order valence-corrected chi connectivity index (χ3v) is 5.77. The summed E-state index contributed by atoms with van der Waals surface area (Å²) in [7, 11) is -2.15. The molecule has 1 aromatic carbocycles. The second-order valence-electron chi connectivity index (χ2n) is 5.63. The summed E-state index contributed by atoms with van der Waals surface area (Å²) < 4.78 is 32.4. The van der Waals surface area contributed by atoms with Crippen molar-refractivity contribution < 1.29 is 17.9 Å². The smallest absolute Gasteiger partial charge is 0.241 e. The molecule has 0 aromatic heterocycles. The van der Waals surface area contributed by atoms with Gasteiger partial charge in [-0.15, -0.1) is 0 Å². The van der Waals surface area contributed by atoms with Crippen LogP contribution in [0.5, 0.6) is 5.75 Å². The Bertz CT molecular complexity index is 690. The molecular weight excluding hydrogens is 350 g/mol. The van der Waals surface area contributed by atoms with Gasteiger partial charge in [0, 0.05) is 6.04 Å². The maximum Gasteiger partial charge on any atom is 0.241 e. The standard InChI is InChI=1S/C15H23N3O4S2/c1-22-14-6-5-11(24(20,21)18-10-3-4-10)9-13(14)17-15(19)12(16)7-8-23-2/h5-6,9-10,12,18H,3-4,7-8,16H2,1-2H3,(H,17,19)/t12-/m0/s1. The highest BCUT2D eigenvalue weighted by molar-refractivity contribution is 7.98. The molecule has 4 N–H and O–H groups in total. The molecule has 0 aliphatic heterocycles. The van der Waals surface area contributed by atoms with Crippen LogP contribution in [0.15, 0.2) is 23.1 Å². The van der Waals surface area contributed by atoms with E-state index in [0.29, 0.717) is 17.9 Å². The molecule has 1 atom stereocenters. The van der Waals surface area contributed by atoms with E-state index in [1.54, 1.807) is 11.8 Å². The van der Waals surface area contributed by atoms with Crippen LogP contribution in [0, 0.1) is 0 Å². The largest absolute Gasteiger partial charge is 0.495 e. The minimum Gasteiger partial charge on any atom is -0.495 e. The average molecular weight is 374 g/mol. The molecule has 9 heteroatoms. The molecule has 1 aliphatic rings. The van der Waals surface area contributed by atoms with Gasteiger partial charge in [-0.2, -0.15) is 11.8 Å². The van der Waals surface area contributed by atoms with Crippen LogP contribution in [0.3, 0.4) is 0 Å². The van der Waals surface area contributed by atoms with Crippen molar-refractivity contribution in [1.29, 1.82) is 0 Å². The van der Waals surface area contributed by atoms with Gasteiger partial charge in [0.05, 0.1) is 23.7 Å². The zero-order valence-corrected chi connectivity index (χ0v) is 15.4. The number of hydrogen-bond acceptors (Lipinski definition) is 6. The first-order valence-corrected chi connectivity index (χ1v) is 10.5. The number of ether oxygens (including phenoxy) is 1. The number of thioether (sulfide) groups is 1. The highest BCUT2D eigenvalue weighted by Gasteiger charge is 2.28. The number of hydrogen-bond donors (Lipinski definition) is 3. The topological polar surface area (TPSA) is 111 Å². The Labute approximate surface area is 146 Å². The number of methoxy groups -OCH3 is 1. The van der Waals surface area contributed by atoms with Gasteiger partial charge >= 0.3 is 0 Å². The van der Waals surface area contributed by atoms with Crippen molar-refractivity contribution in [3.63, 3.8) is 0 Å². The zero-order chi connectivity index (χ0) is 17.7. The Morgan fingerprint density at radius 1 is 1.46 bits per heavy atom. The molecule has 0 radical (unpaired) electrons. The third kappa shape index (κ3) is 5.10. The zero-order valence-electron chi connectivity index (χ0n) is 13.7. The van der Waals surface area contributed by atoms with Crippen molar-refractivity contribution in [1.82, 2.24) is 4.72 Å². The van der Waals surface area contributed by atoms with Gasteiger partial charge in [-0.1, -0.05) is 0 Å². The maximum atomic E-state index is 12.3. The number of amides is 1.